The molecule has 158 valence electrons. The maximum atomic E-state index is 12.5. The van der Waals surface area contributed by atoms with Crippen LogP contribution in [0.15, 0.2) is 82.3 Å². The van der Waals surface area contributed by atoms with Gasteiger partial charge in [-0.05, 0) is 56.1 Å². The van der Waals surface area contributed by atoms with Crippen molar-refractivity contribution in [3.63, 3.8) is 0 Å². The summed E-state index contributed by atoms with van der Waals surface area (Å²) in [6.45, 7) is 0.490. The van der Waals surface area contributed by atoms with Crippen molar-refractivity contribution in [3.05, 3.63) is 89.9 Å². The second-order valence-electron chi connectivity index (χ2n) is 7.03. The highest BCUT2D eigenvalue weighted by Gasteiger charge is 2.17. The van der Waals surface area contributed by atoms with Crippen LogP contribution in [0.4, 0.5) is 0 Å². The van der Waals surface area contributed by atoms with Gasteiger partial charge in [0.25, 0.3) is 5.91 Å². The summed E-state index contributed by atoms with van der Waals surface area (Å²) in [6, 6.07) is 19.2. The Balaban J connectivity index is 1.61. The molecule has 2 N–H and O–H groups in total. The number of carbonyl (C=O) groups is 1. The SMILES string of the molecule is CN(C)C(CNC(=O)c1ccc(S(=O)(=O)NCc2ccco2)cc1)c1ccccc1. The number of amides is 1. The number of sulfonamides is 1. The van der Waals surface area contributed by atoms with Gasteiger partial charge in [-0.15, -0.1) is 0 Å². The quantitative estimate of drug-likeness (QED) is 0.548. The lowest BCUT2D eigenvalue weighted by Crippen LogP contribution is -2.34. The van der Waals surface area contributed by atoms with E-state index in [1.54, 1.807) is 12.1 Å². The van der Waals surface area contributed by atoms with E-state index in [4.69, 9.17) is 4.42 Å². The van der Waals surface area contributed by atoms with E-state index in [2.05, 4.69) is 10.0 Å². The zero-order valence-corrected chi connectivity index (χ0v) is 17.7. The molecule has 0 radical (unpaired) electrons. The maximum Gasteiger partial charge on any atom is 0.251 e. The van der Waals surface area contributed by atoms with Crippen molar-refractivity contribution in [1.29, 1.82) is 0 Å². The fraction of sp³-hybridized carbons (Fsp3) is 0.227. The molecular formula is C22H25N3O4S. The summed E-state index contributed by atoms with van der Waals surface area (Å²) in [4.78, 5) is 14.7. The van der Waals surface area contributed by atoms with Gasteiger partial charge < -0.3 is 14.6 Å². The molecule has 1 amide bonds. The van der Waals surface area contributed by atoms with Gasteiger partial charge in [0.1, 0.15) is 5.76 Å². The molecule has 0 aliphatic carbocycles. The molecule has 0 fully saturated rings. The van der Waals surface area contributed by atoms with Crippen LogP contribution < -0.4 is 10.0 Å². The van der Waals surface area contributed by atoms with E-state index < -0.39 is 10.0 Å². The molecule has 0 saturated heterocycles. The van der Waals surface area contributed by atoms with Gasteiger partial charge in [0.15, 0.2) is 0 Å². The van der Waals surface area contributed by atoms with Crippen molar-refractivity contribution in [2.24, 2.45) is 0 Å². The summed E-state index contributed by atoms with van der Waals surface area (Å²) >= 11 is 0. The minimum Gasteiger partial charge on any atom is -0.468 e. The van der Waals surface area contributed by atoms with E-state index in [-0.39, 0.29) is 23.4 Å². The van der Waals surface area contributed by atoms with Crippen molar-refractivity contribution >= 4 is 15.9 Å². The lowest BCUT2D eigenvalue weighted by Gasteiger charge is -2.25. The summed E-state index contributed by atoms with van der Waals surface area (Å²) in [5.74, 6) is 0.258. The summed E-state index contributed by atoms with van der Waals surface area (Å²) in [6.07, 6.45) is 1.48. The maximum absolute atomic E-state index is 12.5. The van der Waals surface area contributed by atoms with Crippen LogP contribution in [-0.4, -0.2) is 39.9 Å². The lowest BCUT2D eigenvalue weighted by molar-refractivity contribution is 0.0942. The molecule has 3 rings (SSSR count). The van der Waals surface area contributed by atoms with E-state index in [0.717, 1.165) is 5.56 Å². The van der Waals surface area contributed by atoms with Crippen LogP contribution >= 0.6 is 0 Å². The summed E-state index contributed by atoms with van der Waals surface area (Å²) < 4.78 is 32.4. The highest BCUT2D eigenvalue weighted by atomic mass is 32.2. The molecule has 0 aliphatic rings. The fourth-order valence-electron chi connectivity index (χ4n) is 3.01. The monoisotopic (exact) mass is 427 g/mol. The van der Waals surface area contributed by atoms with Gasteiger partial charge in [-0.3, -0.25) is 4.79 Å². The van der Waals surface area contributed by atoms with Gasteiger partial charge in [0, 0.05) is 12.1 Å². The molecule has 0 bridgehead atoms. The normalized spacial score (nSPS) is 12.6. The van der Waals surface area contributed by atoms with E-state index >= 15 is 0 Å². The second-order valence-corrected chi connectivity index (χ2v) is 8.80. The third kappa shape index (κ3) is 5.56. The molecule has 2 aromatic carbocycles. The number of hydrogen-bond acceptors (Lipinski definition) is 5. The first-order valence-electron chi connectivity index (χ1n) is 9.48. The molecule has 0 aliphatic heterocycles. The lowest BCUT2D eigenvalue weighted by atomic mass is 10.1. The molecular weight excluding hydrogens is 402 g/mol. The molecule has 1 unspecified atom stereocenters. The first-order chi connectivity index (χ1) is 14.4. The van der Waals surface area contributed by atoms with E-state index in [0.29, 0.717) is 17.9 Å². The highest BCUT2D eigenvalue weighted by molar-refractivity contribution is 7.89. The molecule has 30 heavy (non-hydrogen) atoms. The van der Waals surface area contributed by atoms with Crippen LogP contribution in [0, 0.1) is 0 Å². The topological polar surface area (TPSA) is 91.7 Å². The third-order valence-corrected chi connectivity index (χ3v) is 6.12. The van der Waals surface area contributed by atoms with Gasteiger partial charge in [-0.25, -0.2) is 13.1 Å². The zero-order valence-electron chi connectivity index (χ0n) is 16.9. The highest BCUT2D eigenvalue weighted by Crippen LogP contribution is 2.17. The molecule has 1 atom stereocenters. The molecule has 8 heteroatoms. The number of nitrogens with one attached hydrogen (secondary N) is 2. The Morgan fingerprint density at radius 1 is 1.00 bits per heavy atom. The van der Waals surface area contributed by atoms with Gasteiger partial charge >= 0.3 is 0 Å². The Kier molecular flexibility index (Phi) is 7.04. The Hall–Kier alpha value is -2.94. The van der Waals surface area contributed by atoms with Crippen LogP contribution in [-0.2, 0) is 16.6 Å². The van der Waals surface area contributed by atoms with Crippen LogP contribution in [0.3, 0.4) is 0 Å². The Labute approximate surface area is 176 Å². The van der Waals surface area contributed by atoms with Crippen molar-refractivity contribution in [3.8, 4) is 0 Å². The van der Waals surface area contributed by atoms with Gasteiger partial charge in [-0.2, -0.15) is 0 Å². The summed E-state index contributed by atoms with van der Waals surface area (Å²) in [5.41, 5.74) is 1.50. The Morgan fingerprint density at radius 3 is 2.30 bits per heavy atom. The minimum absolute atomic E-state index is 0.0283. The third-order valence-electron chi connectivity index (χ3n) is 4.71. The van der Waals surface area contributed by atoms with Crippen molar-refractivity contribution in [2.75, 3.05) is 20.6 Å². The number of carbonyl (C=O) groups excluding carboxylic acids is 1. The second kappa shape index (κ2) is 9.71. The van der Waals surface area contributed by atoms with Crippen molar-refractivity contribution < 1.29 is 17.6 Å². The predicted molar refractivity (Wildman–Crippen MR) is 114 cm³/mol. The molecule has 1 aromatic heterocycles. The first kappa shape index (κ1) is 21.8. The average molecular weight is 428 g/mol. The van der Waals surface area contributed by atoms with Gasteiger partial charge in [-0.1, -0.05) is 30.3 Å². The number of likely N-dealkylation sites (N-methyl/N-ethyl adjacent to an activating group) is 1. The van der Waals surface area contributed by atoms with Crippen LogP contribution in [0.25, 0.3) is 0 Å². The van der Waals surface area contributed by atoms with Crippen molar-refractivity contribution in [1.82, 2.24) is 14.9 Å². The molecule has 3 aromatic rings. The van der Waals surface area contributed by atoms with Gasteiger partial charge in [0.2, 0.25) is 10.0 Å². The average Bonchev–Trinajstić information content (AvgIpc) is 3.27. The molecule has 0 spiro atoms. The largest absolute Gasteiger partial charge is 0.468 e. The van der Waals surface area contributed by atoms with E-state index in [9.17, 15) is 13.2 Å². The fourth-order valence-corrected chi connectivity index (χ4v) is 4.01. The summed E-state index contributed by atoms with van der Waals surface area (Å²) in [5, 5.41) is 2.92. The Morgan fingerprint density at radius 2 is 1.70 bits per heavy atom. The van der Waals surface area contributed by atoms with E-state index in [1.165, 1.54) is 30.5 Å². The number of rotatable bonds is 9. The van der Waals surface area contributed by atoms with Crippen LogP contribution in [0.2, 0.25) is 0 Å². The predicted octanol–water partition coefficient (Wildman–Crippen LogP) is 2.79. The number of nitrogens with zero attached hydrogens (tertiary/aromatic N) is 1. The zero-order chi connectivity index (χ0) is 21.6. The smallest absolute Gasteiger partial charge is 0.251 e. The molecule has 0 saturated carbocycles. The molecule has 7 nitrogen and oxygen atoms in total. The van der Waals surface area contributed by atoms with Gasteiger partial charge in [0.05, 0.1) is 23.7 Å². The van der Waals surface area contributed by atoms with Crippen LogP contribution in [0.1, 0.15) is 27.7 Å². The van der Waals surface area contributed by atoms with Crippen molar-refractivity contribution in [2.45, 2.75) is 17.5 Å². The van der Waals surface area contributed by atoms with E-state index in [1.807, 2.05) is 49.3 Å². The van der Waals surface area contributed by atoms with Crippen LogP contribution in [0.5, 0.6) is 0 Å². The molecule has 1 heterocycles. The number of benzene rings is 2. The standard InChI is InChI=1S/C22H25N3O4S/c1-25(2)21(17-7-4-3-5-8-17)16-23-22(26)18-10-12-20(13-11-18)30(27,28)24-15-19-9-6-14-29-19/h3-14,21,24H,15-16H2,1-2H3,(H,23,26). The Bertz CT molecular complexity index is 1050. The first-order valence-corrected chi connectivity index (χ1v) is 11.0. The summed E-state index contributed by atoms with van der Waals surface area (Å²) in [7, 11) is 0.215. The number of hydrogen-bond donors (Lipinski definition) is 2. The number of furan rings is 1. The minimum atomic E-state index is -3.70.